The van der Waals surface area contributed by atoms with E-state index in [4.69, 9.17) is 14.2 Å². The number of alkyl carbamates (subject to hydrolysis) is 1. The van der Waals surface area contributed by atoms with Gasteiger partial charge in [0.1, 0.15) is 12.2 Å². The van der Waals surface area contributed by atoms with Crippen molar-refractivity contribution in [2.24, 2.45) is 0 Å². The fourth-order valence-corrected chi connectivity index (χ4v) is 1.20. The molecule has 1 atom stereocenters. The average molecular weight is 275 g/mol. The fraction of sp³-hybridized carbons (Fsp3) is 0.846. The van der Waals surface area contributed by atoms with Crippen LogP contribution in [0.4, 0.5) is 4.79 Å². The fourth-order valence-electron chi connectivity index (χ4n) is 1.20. The molecule has 112 valence electrons. The van der Waals surface area contributed by atoms with E-state index in [1.165, 1.54) is 0 Å². The van der Waals surface area contributed by atoms with E-state index in [0.717, 1.165) is 0 Å². The summed E-state index contributed by atoms with van der Waals surface area (Å²) in [7, 11) is 0. The first-order chi connectivity index (χ1) is 8.74. The number of esters is 1. The third-order valence-electron chi connectivity index (χ3n) is 1.98. The minimum Gasteiger partial charge on any atom is -0.464 e. The number of carbonyl (C=O) groups is 2. The Kier molecular flexibility index (Phi) is 8.14. The van der Waals surface area contributed by atoms with Crippen LogP contribution in [0.2, 0.25) is 0 Å². The first-order valence-corrected chi connectivity index (χ1v) is 6.47. The van der Waals surface area contributed by atoms with Crippen molar-refractivity contribution in [3.8, 4) is 0 Å². The SMILES string of the molecule is CCOC(=O)COCC[C@@H](C)NC(=O)OC(C)(C)C. The van der Waals surface area contributed by atoms with E-state index in [-0.39, 0.29) is 18.6 Å². The molecule has 0 rings (SSSR count). The molecular formula is C13H25NO5. The van der Waals surface area contributed by atoms with Gasteiger partial charge >= 0.3 is 12.1 Å². The number of hydrogen-bond donors (Lipinski definition) is 1. The molecule has 1 N–H and O–H groups in total. The monoisotopic (exact) mass is 275 g/mol. The van der Waals surface area contributed by atoms with Gasteiger partial charge in [-0.3, -0.25) is 0 Å². The van der Waals surface area contributed by atoms with Crippen LogP contribution in [0.3, 0.4) is 0 Å². The molecule has 0 bridgehead atoms. The maximum atomic E-state index is 11.4. The minimum absolute atomic E-state index is 0.0625. The predicted octanol–water partition coefficient (Wildman–Crippen LogP) is 1.87. The molecule has 0 saturated carbocycles. The van der Waals surface area contributed by atoms with Gasteiger partial charge in [-0.1, -0.05) is 0 Å². The van der Waals surface area contributed by atoms with Crippen molar-refractivity contribution in [3.05, 3.63) is 0 Å². The Balaban J connectivity index is 3.67. The Labute approximate surface area is 114 Å². The largest absolute Gasteiger partial charge is 0.464 e. The lowest BCUT2D eigenvalue weighted by Crippen LogP contribution is -2.38. The Morgan fingerprint density at radius 2 is 1.89 bits per heavy atom. The van der Waals surface area contributed by atoms with Crippen molar-refractivity contribution in [1.82, 2.24) is 5.32 Å². The number of hydrogen-bond acceptors (Lipinski definition) is 5. The van der Waals surface area contributed by atoms with Gasteiger partial charge in [-0.25, -0.2) is 9.59 Å². The molecule has 0 aliphatic rings. The summed E-state index contributed by atoms with van der Waals surface area (Å²) < 4.78 is 15.0. The Hall–Kier alpha value is -1.30. The molecule has 0 fully saturated rings. The average Bonchev–Trinajstić information content (AvgIpc) is 2.21. The molecule has 0 aromatic carbocycles. The van der Waals surface area contributed by atoms with Crippen LogP contribution in [-0.4, -0.2) is 43.5 Å². The van der Waals surface area contributed by atoms with Crippen molar-refractivity contribution in [2.45, 2.75) is 52.7 Å². The van der Waals surface area contributed by atoms with E-state index >= 15 is 0 Å². The zero-order valence-electron chi connectivity index (χ0n) is 12.4. The van der Waals surface area contributed by atoms with Gasteiger partial charge in [-0.2, -0.15) is 0 Å². The molecular weight excluding hydrogens is 250 g/mol. The van der Waals surface area contributed by atoms with Crippen LogP contribution in [0.15, 0.2) is 0 Å². The molecule has 6 nitrogen and oxygen atoms in total. The summed E-state index contributed by atoms with van der Waals surface area (Å²) in [6.07, 6.45) is 0.143. The Morgan fingerprint density at radius 3 is 2.42 bits per heavy atom. The Morgan fingerprint density at radius 1 is 1.26 bits per heavy atom. The van der Waals surface area contributed by atoms with Gasteiger partial charge in [0, 0.05) is 12.6 Å². The summed E-state index contributed by atoms with van der Waals surface area (Å²) in [5.74, 6) is -0.379. The lowest BCUT2D eigenvalue weighted by atomic mass is 10.2. The number of carbonyl (C=O) groups excluding carboxylic acids is 2. The van der Waals surface area contributed by atoms with E-state index in [2.05, 4.69) is 5.32 Å². The molecule has 1 amide bonds. The van der Waals surface area contributed by atoms with E-state index in [9.17, 15) is 9.59 Å². The van der Waals surface area contributed by atoms with Gasteiger partial charge in [-0.05, 0) is 41.0 Å². The third-order valence-corrected chi connectivity index (χ3v) is 1.98. The highest BCUT2D eigenvalue weighted by Gasteiger charge is 2.17. The maximum Gasteiger partial charge on any atom is 0.407 e. The zero-order chi connectivity index (χ0) is 14.9. The number of rotatable bonds is 7. The molecule has 0 saturated heterocycles. The van der Waals surface area contributed by atoms with Crippen LogP contribution in [0, 0.1) is 0 Å². The zero-order valence-corrected chi connectivity index (χ0v) is 12.4. The summed E-state index contributed by atoms with van der Waals surface area (Å²) in [5.41, 5.74) is -0.510. The molecule has 6 heteroatoms. The highest BCUT2D eigenvalue weighted by atomic mass is 16.6. The van der Waals surface area contributed by atoms with E-state index in [1.54, 1.807) is 27.7 Å². The molecule has 19 heavy (non-hydrogen) atoms. The van der Waals surface area contributed by atoms with E-state index < -0.39 is 11.7 Å². The van der Waals surface area contributed by atoms with Crippen LogP contribution in [0.5, 0.6) is 0 Å². The maximum absolute atomic E-state index is 11.4. The molecule has 0 radical (unpaired) electrons. The standard InChI is InChI=1S/C13H25NO5/c1-6-18-11(15)9-17-8-7-10(2)14-12(16)19-13(3,4)5/h10H,6-9H2,1-5H3,(H,14,16)/t10-/m1/s1. The van der Waals surface area contributed by atoms with Crippen molar-refractivity contribution in [3.63, 3.8) is 0 Å². The summed E-state index contributed by atoms with van der Waals surface area (Å²) in [4.78, 5) is 22.4. The second kappa shape index (κ2) is 8.74. The first-order valence-electron chi connectivity index (χ1n) is 6.47. The smallest absolute Gasteiger partial charge is 0.407 e. The number of nitrogens with one attached hydrogen (secondary N) is 1. The second-order valence-electron chi connectivity index (χ2n) is 5.19. The van der Waals surface area contributed by atoms with Crippen molar-refractivity contribution in [1.29, 1.82) is 0 Å². The van der Waals surface area contributed by atoms with Crippen LogP contribution >= 0.6 is 0 Å². The molecule has 0 aliphatic carbocycles. The van der Waals surface area contributed by atoms with Crippen molar-refractivity contribution < 1.29 is 23.8 Å². The molecule has 0 aromatic rings. The molecule has 0 aliphatic heterocycles. The predicted molar refractivity (Wildman–Crippen MR) is 70.9 cm³/mol. The van der Waals surface area contributed by atoms with Gasteiger partial charge in [-0.15, -0.1) is 0 Å². The van der Waals surface area contributed by atoms with Crippen LogP contribution < -0.4 is 5.32 Å². The van der Waals surface area contributed by atoms with Gasteiger partial charge in [0.2, 0.25) is 0 Å². The third kappa shape index (κ3) is 11.5. The summed E-state index contributed by atoms with van der Waals surface area (Å²) >= 11 is 0. The molecule has 0 heterocycles. The van der Waals surface area contributed by atoms with Crippen molar-refractivity contribution >= 4 is 12.1 Å². The van der Waals surface area contributed by atoms with Gasteiger partial charge in [0.05, 0.1) is 6.61 Å². The lowest BCUT2D eigenvalue weighted by molar-refractivity contribution is -0.148. The minimum atomic E-state index is -0.510. The molecule has 0 unspecified atom stereocenters. The highest BCUT2D eigenvalue weighted by Crippen LogP contribution is 2.07. The van der Waals surface area contributed by atoms with Crippen LogP contribution in [0.1, 0.15) is 41.0 Å². The molecule has 0 spiro atoms. The highest BCUT2D eigenvalue weighted by molar-refractivity contribution is 5.70. The van der Waals surface area contributed by atoms with E-state index in [0.29, 0.717) is 19.6 Å². The van der Waals surface area contributed by atoms with Gasteiger partial charge < -0.3 is 19.5 Å². The summed E-state index contributed by atoms with van der Waals surface area (Å²) in [6, 6.07) is -0.0861. The van der Waals surface area contributed by atoms with Crippen LogP contribution in [-0.2, 0) is 19.0 Å². The topological polar surface area (TPSA) is 73.9 Å². The van der Waals surface area contributed by atoms with Crippen molar-refractivity contribution in [2.75, 3.05) is 19.8 Å². The molecule has 0 aromatic heterocycles. The quantitative estimate of drug-likeness (QED) is 0.567. The number of amides is 1. The summed E-state index contributed by atoms with van der Waals surface area (Å²) in [5, 5.41) is 2.69. The van der Waals surface area contributed by atoms with Gasteiger partial charge in [0.15, 0.2) is 0 Å². The van der Waals surface area contributed by atoms with E-state index in [1.807, 2.05) is 6.92 Å². The first kappa shape index (κ1) is 17.7. The lowest BCUT2D eigenvalue weighted by Gasteiger charge is -2.21. The van der Waals surface area contributed by atoms with Crippen LogP contribution in [0.25, 0.3) is 0 Å². The summed E-state index contributed by atoms with van der Waals surface area (Å²) in [6.45, 7) is 9.66. The Bertz CT molecular complexity index is 285. The van der Waals surface area contributed by atoms with Gasteiger partial charge in [0.25, 0.3) is 0 Å². The normalized spacial score (nSPS) is 12.7. The second-order valence-corrected chi connectivity index (χ2v) is 5.19. The number of ether oxygens (including phenoxy) is 3.